The third-order valence-corrected chi connectivity index (χ3v) is 2.85. The Labute approximate surface area is 76.6 Å². The average Bonchev–Trinajstić information content (AvgIpc) is 2.09. The van der Waals surface area contributed by atoms with Crippen LogP contribution in [0.1, 0.15) is 32.6 Å². The van der Waals surface area contributed by atoms with Crippen molar-refractivity contribution < 1.29 is 19.8 Å². The molecule has 0 heterocycles. The highest BCUT2D eigenvalue weighted by Gasteiger charge is 2.45. The summed E-state index contributed by atoms with van der Waals surface area (Å²) in [5.41, 5.74) is -1.62. The van der Waals surface area contributed by atoms with Gasteiger partial charge >= 0.3 is 5.97 Å². The third-order valence-electron chi connectivity index (χ3n) is 2.85. The summed E-state index contributed by atoms with van der Waals surface area (Å²) in [4.78, 5) is 21.6. The smallest absolute Gasteiger partial charge is 0.375 e. The van der Waals surface area contributed by atoms with Crippen LogP contribution in [0.2, 0.25) is 0 Å². The first kappa shape index (κ1) is 10.2. The van der Waals surface area contributed by atoms with Crippen molar-refractivity contribution in [2.24, 2.45) is 5.92 Å². The molecule has 0 radical (unpaired) electrons. The predicted octanol–water partition coefficient (Wildman–Crippen LogP) is 0.581. The molecule has 1 saturated carbocycles. The minimum atomic E-state index is -1.62. The van der Waals surface area contributed by atoms with E-state index in [4.69, 9.17) is 5.11 Å². The van der Waals surface area contributed by atoms with Crippen molar-refractivity contribution in [2.75, 3.05) is 0 Å². The molecule has 2 atom stereocenters. The summed E-state index contributed by atoms with van der Waals surface area (Å²) in [5.74, 6) is -2.83. The zero-order chi connectivity index (χ0) is 10.1. The lowest BCUT2D eigenvalue weighted by atomic mass is 9.74. The van der Waals surface area contributed by atoms with Crippen LogP contribution < -0.4 is 0 Å². The van der Waals surface area contributed by atoms with E-state index >= 15 is 0 Å². The molecule has 1 aliphatic rings. The number of hydrogen-bond donors (Lipinski definition) is 2. The number of carbonyl (C=O) groups is 2. The molecule has 0 saturated heterocycles. The van der Waals surface area contributed by atoms with Crippen LogP contribution in [-0.2, 0) is 9.59 Å². The SMILES string of the molecule is C[C@@H]1CCCC[C@@]1(O)C(=O)C(=O)O. The van der Waals surface area contributed by atoms with E-state index in [9.17, 15) is 14.7 Å². The molecule has 0 aromatic rings. The van der Waals surface area contributed by atoms with Crippen molar-refractivity contribution in [3.8, 4) is 0 Å². The van der Waals surface area contributed by atoms with Crippen LogP contribution in [0, 0.1) is 5.92 Å². The molecule has 0 bridgehead atoms. The van der Waals surface area contributed by atoms with E-state index < -0.39 is 17.4 Å². The Morgan fingerprint density at radius 3 is 2.46 bits per heavy atom. The number of hydrogen-bond acceptors (Lipinski definition) is 3. The number of carboxylic acid groups (broad SMARTS) is 1. The molecule has 1 fully saturated rings. The molecule has 0 aromatic carbocycles. The van der Waals surface area contributed by atoms with E-state index in [1.807, 2.05) is 0 Å². The molecule has 0 amide bonds. The van der Waals surface area contributed by atoms with Gasteiger partial charge in [-0.25, -0.2) is 4.79 Å². The quantitative estimate of drug-likeness (QED) is 0.618. The van der Waals surface area contributed by atoms with Gasteiger partial charge in [0.25, 0.3) is 5.78 Å². The summed E-state index contributed by atoms with van der Waals surface area (Å²) in [7, 11) is 0. The Kier molecular flexibility index (Phi) is 2.71. The van der Waals surface area contributed by atoms with Gasteiger partial charge in [-0.1, -0.05) is 19.8 Å². The molecule has 4 nitrogen and oxygen atoms in total. The second-order valence-electron chi connectivity index (χ2n) is 3.71. The van der Waals surface area contributed by atoms with Gasteiger partial charge in [0.2, 0.25) is 0 Å². The maximum Gasteiger partial charge on any atom is 0.375 e. The molecule has 0 aliphatic heterocycles. The Hall–Kier alpha value is -0.900. The summed E-state index contributed by atoms with van der Waals surface area (Å²) in [5, 5.41) is 18.4. The maximum absolute atomic E-state index is 11.2. The molecular weight excluding hydrogens is 172 g/mol. The number of rotatable bonds is 2. The first-order valence-corrected chi connectivity index (χ1v) is 4.48. The van der Waals surface area contributed by atoms with Gasteiger partial charge in [0, 0.05) is 0 Å². The van der Waals surface area contributed by atoms with Gasteiger partial charge in [-0.15, -0.1) is 0 Å². The number of ketones is 1. The third kappa shape index (κ3) is 1.72. The van der Waals surface area contributed by atoms with Crippen molar-refractivity contribution in [3.05, 3.63) is 0 Å². The van der Waals surface area contributed by atoms with E-state index in [2.05, 4.69) is 0 Å². The molecule has 74 valence electrons. The molecule has 0 spiro atoms. The fourth-order valence-corrected chi connectivity index (χ4v) is 1.85. The average molecular weight is 186 g/mol. The first-order chi connectivity index (χ1) is 5.98. The van der Waals surface area contributed by atoms with E-state index in [0.717, 1.165) is 19.3 Å². The molecule has 2 N–H and O–H groups in total. The monoisotopic (exact) mass is 186 g/mol. The summed E-state index contributed by atoms with van der Waals surface area (Å²) in [6.45, 7) is 1.72. The van der Waals surface area contributed by atoms with Gasteiger partial charge in [-0.05, 0) is 18.8 Å². The van der Waals surface area contributed by atoms with Crippen molar-refractivity contribution >= 4 is 11.8 Å². The van der Waals surface area contributed by atoms with Crippen LogP contribution in [0.5, 0.6) is 0 Å². The molecular formula is C9H14O4. The molecule has 13 heavy (non-hydrogen) atoms. The molecule has 1 aliphatic carbocycles. The van der Waals surface area contributed by atoms with Gasteiger partial charge in [-0.3, -0.25) is 4.79 Å². The summed E-state index contributed by atoms with van der Waals surface area (Å²) in [6, 6.07) is 0. The molecule has 0 unspecified atom stereocenters. The highest BCUT2D eigenvalue weighted by atomic mass is 16.4. The van der Waals surface area contributed by atoms with E-state index in [-0.39, 0.29) is 12.3 Å². The predicted molar refractivity (Wildman–Crippen MR) is 45.2 cm³/mol. The van der Waals surface area contributed by atoms with Crippen LogP contribution in [0.3, 0.4) is 0 Å². The Bertz CT molecular complexity index is 236. The van der Waals surface area contributed by atoms with E-state index in [0.29, 0.717) is 0 Å². The van der Waals surface area contributed by atoms with Gasteiger partial charge in [0.15, 0.2) is 0 Å². The van der Waals surface area contributed by atoms with E-state index in [1.54, 1.807) is 6.92 Å². The van der Waals surface area contributed by atoms with Crippen molar-refractivity contribution in [1.29, 1.82) is 0 Å². The van der Waals surface area contributed by atoms with Crippen molar-refractivity contribution in [2.45, 2.75) is 38.2 Å². The lowest BCUT2D eigenvalue weighted by molar-refractivity contribution is -0.164. The number of aliphatic hydroxyl groups is 1. The van der Waals surface area contributed by atoms with Crippen LogP contribution in [-0.4, -0.2) is 27.6 Å². The van der Waals surface area contributed by atoms with Crippen LogP contribution in [0.15, 0.2) is 0 Å². The van der Waals surface area contributed by atoms with Gasteiger partial charge in [0.1, 0.15) is 5.60 Å². The number of aliphatic carboxylic acids is 1. The summed E-state index contributed by atoms with van der Waals surface area (Å²) >= 11 is 0. The fraction of sp³-hybridized carbons (Fsp3) is 0.778. The Morgan fingerprint density at radius 1 is 1.38 bits per heavy atom. The number of carboxylic acids is 1. The van der Waals surface area contributed by atoms with Crippen LogP contribution in [0.4, 0.5) is 0 Å². The highest BCUT2D eigenvalue weighted by Crippen LogP contribution is 2.34. The lowest BCUT2D eigenvalue weighted by Crippen LogP contribution is -2.49. The summed E-state index contributed by atoms with van der Waals surface area (Å²) in [6.07, 6.45) is 2.67. The number of Topliss-reactive ketones (excluding diaryl/α,β-unsaturated/α-hetero) is 1. The van der Waals surface area contributed by atoms with E-state index in [1.165, 1.54) is 0 Å². The standard InChI is InChI=1S/C9H14O4/c1-6-4-2-3-5-9(6,13)7(10)8(11)12/h6,13H,2-5H2,1H3,(H,11,12)/t6-,9+/m1/s1. The fourth-order valence-electron chi connectivity index (χ4n) is 1.85. The maximum atomic E-state index is 11.2. The van der Waals surface area contributed by atoms with Gasteiger partial charge < -0.3 is 10.2 Å². The van der Waals surface area contributed by atoms with Gasteiger partial charge in [0.05, 0.1) is 0 Å². The number of carbonyl (C=O) groups excluding carboxylic acids is 1. The normalized spacial score (nSPS) is 34.2. The Balaban J connectivity index is 2.83. The second-order valence-corrected chi connectivity index (χ2v) is 3.71. The zero-order valence-corrected chi connectivity index (χ0v) is 7.62. The second kappa shape index (κ2) is 3.46. The van der Waals surface area contributed by atoms with Crippen molar-refractivity contribution in [1.82, 2.24) is 0 Å². The Morgan fingerprint density at radius 2 is 2.00 bits per heavy atom. The largest absolute Gasteiger partial charge is 0.475 e. The zero-order valence-electron chi connectivity index (χ0n) is 7.62. The minimum absolute atomic E-state index is 0.246. The van der Waals surface area contributed by atoms with Crippen LogP contribution in [0.25, 0.3) is 0 Å². The molecule has 0 aromatic heterocycles. The topological polar surface area (TPSA) is 74.6 Å². The van der Waals surface area contributed by atoms with Crippen molar-refractivity contribution in [3.63, 3.8) is 0 Å². The first-order valence-electron chi connectivity index (χ1n) is 4.48. The summed E-state index contributed by atoms with van der Waals surface area (Å²) < 4.78 is 0. The minimum Gasteiger partial charge on any atom is -0.475 e. The van der Waals surface area contributed by atoms with Gasteiger partial charge in [-0.2, -0.15) is 0 Å². The highest BCUT2D eigenvalue weighted by molar-refractivity contribution is 6.36. The lowest BCUT2D eigenvalue weighted by Gasteiger charge is -2.35. The van der Waals surface area contributed by atoms with Crippen LogP contribution >= 0.6 is 0 Å². The molecule has 1 rings (SSSR count). The molecule has 4 heteroatoms.